The fourth-order valence-electron chi connectivity index (χ4n) is 1.83. The predicted octanol–water partition coefficient (Wildman–Crippen LogP) is 2.68. The lowest BCUT2D eigenvalue weighted by Crippen LogP contribution is -2.08. The van der Waals surface area contributed by atoms with E-state index in [4.69, 9.17) is 0 Å². The molecular weight excluding hydrogens is 229 g/mol. The topological polar surface area (TPSA) is 40.7 Å². The molecule has 0 radical (unpaired) electrons. The highest BCUT2D eigenvalue weighted by Gasteiger charge is 2.05. The molecule has 0 amide bonds. The highest BCUT2D eigenvalue weighted by molar-refractivity contribution is 5.59. The van der Waals surface area contributed by atoms with Gasteiger partial charge in [-0.15, -0.1) is 0 Å². The highest BCUT2D eigenvalue weighted by atomic mass is 19.1. The summed E-state index contributed by atoms with van der Waals surface area (Å²) >= 11 is 0. The number of rotatable bonds is 5. The van der Waals surface area contributed by atoms with Gasteiger partial charge in [0.2, 0.25) is 0 Å². The molecule has 0 bridgehead atoms. The van der Waals surface area contributed by atoms with Crippen LogP contribution in [0.4, 0.5) is 4.39 Å². The van der Waals surface area contributed by atoms with Crippen LogP contribution in [-0.2, 0) is 6.42 Å². The molecule has 0 aliphatic heterocycles. The molecule has 2 N–H and O–H groups in total. The monoisotopic (exact) mass is 247 g/mol. The van der Waals surface area contributed by atoms with E-state index in [2.05, 4.69) is 15.3 Å². The normalized spacial score (nSPS) is 10.8. The number of hydrogen-bond acceptors (Lipinski definition) is 2. The molecule has 0 aliphatic rings. The molecule has 96 valence electrons. The molecule has 18 heavy (non-hydrogen) atoms. The van der Waals surface area contributed by atoms with E-state index in [9.17, 15) is 4.39 Å². The smallest absolute Gasteiger partial charge is 0.126 e. The van der Waals surface area contributed by atoms with Crippen LogP contribution in [0.15, 0.2) is 24.4 Å². The third kappa shape index (κ3) is 2.96. The number of benzene rings is 1. The third-order valence-corrected chi connectivity index (χ3v) is 2.95. The second-order valence-corrected chi connectivity index (χ2v) is 4.41. The molecule has 1 aromatic carbocycles. The summed E-state index contributed by atoms with van der Waals surface area (Å²) in [6.45, 7) is 2.73. The summed E-state index contributed by atoms with van der Waals surface area (Å²) in [5.41, 5.74) is 2.37. The van der Waals surface area contributed by atoms with Crippen molar-refractivity contribution in [3.63, 3.8) is 0 Å². The van der Waals surface area contributed by atoms with Crippen molar-refractivity contribution in [2.75, 3.05) is 13.6 Å². The second kappa shape index (κ2) is 5.78. The number of aromatic amines is 1. The lowest BCUT2D eigenvalue weighted by atomic mass is 10.1. The van der Waals surface area contributed by atoms with Gasteiger partial charge in [-0.2, -0.15) is 0 Å². The van der Waals surface area contributed by atoms with Gasteiger partial charge in [-0.3, -0.25) is 0 Å². The van der Waals surface area contributed by atoms with E-state index < -0.39 is 0 Å². The minimum Gasteiger partial charge on any atom is -0.342 e. The minimum atomic E-state index is -0.182. The Morgan fingerprint density at radius 3 is 2.94 bits per heavy atom. The number of nitrogens with one attached hydrogen (secondary N) is 2. The van der Waals surface area contributed by atoms with Gasteiger partial charge >= 0.3 is 0 Å². The van der Waals surface area contributed by atoms with E-state index in [1.165, 1.54) is 0 Å². The maximum absolute atomic E-state index is 13.5. The predicted molar refractivity (Wildman–Crippen MR) is 71.0 cm³/mol. The number of aromatic nitrogens is 2. The van der Waals surface area contributed by atoms with E-state index in [1.807, 2.05) is 13.1 Å². The summed E-state index contributed by atoms with van der Waals surface area (Å²) in [4.78, 5) is 7.54. The van der Waals surface area contributed by atoms with Gasteiger partial charge in [0.25, 0.3) is 0 Å². The highest BCUT2D eigenvalue weighted by Crippen LogP contribution is 2.20. The molecular formula is C14H18FN3. The Morgan fingerprint density at radius 1 is 1.39 bits per heavy atom. The van der Waals surface area contributed by atoms with Gasteiger partial charge in [-0.05, 0) is 38.6 Å². The van der Waals surface area contributed by atoms with Crippen molar-refractivity contribution >= 4 is 0 Å². The Kier molecular flexibility index (Phi) is 4.10. The Balaban J connectivity index is 2.11. The van der Waals surface area contributed by atoms with Crippen molar-refractivity contribution in [1.82, 2.24) is 15.3 Å². The van der Waals surface area contributed by atoms with Crippen LogP contribution in [-0.4, -0.2) is 23.6 Å². The largest absolute Gasteiger partial charge is 0.342 e. The van der Waals surface area contributed by atoms with Crippen LogP contribution in [0.2, 0.25) is 0 Å². The number of nitrogens with zero attached hydrogens (tertiary/aromatic N) is 1. The first kappa shape index (κ1) is 12.8. The number of hydrogen-bond donors (Lipinski definition) is 2. The first-order chi connectivity index (χ1) is 8.70. The molecule has 0 fully saturated rings. The summed E-state index contributed by atoms with van der Waals surface area (Å²) < 4.78 is 13.5. The average Bonchev–Trinajstić information content (AvgIpc) is 2.82. The zero-order chi connectivity index (χ0) is 13.0. The molecule has 0 unspecified atom stereocenters. The van der Waals surface area contributed by atoms with Crippen LogP contribution in [0.3, 0.4) is 0 Å². The molecule has 3 nitrogen and oxygen atoms in total. The van der Waals surface area contributed by atoms with Crippen LogP contribution in [0.25, 0.3) is 11.3 Å². The number of H-pyrrole nitrogens is 1. The van der Waals surface area contributed by atoms with Gasteiger partial charge in [0.1, 0.15) is 11.6 Å². The molecule has 0 atom stereocenters. The fraction of sp³-hybridized carbons (Fsp3) is 0.357. The van der Waals surface area contributed by atoms with E-state index >= 15 is 0 Å². The van der Waals surface area contributed by atoms with E-state index in [-0.39, 0.29) is 5.82 Å². The zero-order valence-electron chi connectivity index (χ0n) is 10.8. The van der Waals surface area contributed by atoms with Crippen molar-refractivity contribution in [3.05, 3.63) is 41.6 Å². The fourth-order valence-corrected chi connectivity index (χ4v) is 1.83. The Labute approximate surface area is 106 Å². The molecule has 4 heteroatoms. The van der Waals surface area contributed by atoms with Gasteiger partial charge in [0.05, 0.1) is 11.9 Å². The summed E-state index contributed by atoms with van der Waals surface area (Å²) in [5.74, 6) is 0.764. The van der Waals surface area contributed by atoms with Crippen LogP contribution in [0.5, 0.6) is 0 Å². The third-order valence-electron chi connectivity index (χ3n) is 2.95. The van der Waals surface area contributed by atoms with Crippen LogP contribution in [0, 0.1) is 12.7 Å². The molecule has 0 aliphatic carbocycles. The molecule has 0 spiro atoms. The molecule has 2 rings (SSSR count). The summed E-state index contributed by atoms with van der Waals surface area (Å²) in [6, 6.07) is 5.23. The number of imidazole rings is 1. The SMILES string of the molecule is CNCCCc1ncc(-c2ccc(C)c(F)c2)[nH]1. The van der Waals surface area contributed by atoms with Gasteiger partial charge in [-0.1, -0.05) is 12.1 Å². The van der Waals surface area contributed by atoms with Gasteiger partial charge in [0.15, 0.2) is 0 Å². The summed E-state index contributed by atoms with van der Waals surface area (Å²) in [6.07, 6.45) is 3.69. The lowest BCUT2D eigenvalue weighted by molar-refractivity contribution is 0.619. The van der Waals surface area contributed by atoms with Crippen molar-refractivity contribution in [2.24, 2.45) is 0 Å². The quantitative estimate of drug-likeness (QED) is 0.797. The van der Waals surface area contributed by atoms with Crippen molar-refractivity contribution in [1.29, 1.82) is 0 Å². The van der Waals surface area contributed by atoms with Gasteiger partial charge in [-0.25, -0.2) is 9.37 Å². The Morgan fingerprint density at radius 2 is 2.22 bits per heavy atom. The minimum absolute atomic E-state index is 0.182. The van der Waals surface area contributed by atoms with E-state index in [0.29, 0.717) is 5.56 Å². The number of halogens is 1. The van der Waals surface area contributed by atoms with E-state index in [0.717, 1.165) is 36.5 Å². The summed E-state index contributed by atoms with van der Waals surface area (Å²) in [5, 5.41) is 3.10. The average molecular weight is 247 g/mol. The van der Waals surface area contributed by atoms with Crippen LogP contribution < -0.4 is 5.32 Å². The first-order valence-corrected chi connectivity index (χ1v) is 6.15. The Hall–Kier alpha value is -1.68. The number of aryl methyl sites for hydroxylation is 2. The summed E-state index contributed by atoms with van der Waals surface area (Å²) in [7, 11) is 1.93. The Bertz CT molecular complexity index is 520. The van der Waals surface area contributed by atoms with Gasteiger partial charge in [0, 0.05) is 12.0 Å². The van der Waals surface area contributed by atoms with Gasteiger partial charge < -0.3 is 10.3 Å². The second-order valence-electron chi connectivity index (χ2n) is 4.41. The standard InChI is InChI=1S/C14H18FN3/c1-10-5-6-11(8-12(10)15)13-9-17-14(18-13)4-3-7-16-2/h5-6,8-9,16H,3-4,7H2,1-2H3,(H,17,18). The van der Waals surface area contributed by atoms with Crippen LogP contribution in [0.1, 0.15) is 17.8 Å². The van der Waals surface area contributed by atoms with Crippen LogP contribution >= 0.6 is 0 Å². The molecule has 1 aromatic heterocycles. The maximum atomic E-state index is 13.5. The molecule has 0 saturated carbocycles. The maximum Gasteiger partial charge on any atom is 0.126 e. The molecule has 0 saturated heterocycles. The van der Waals surface area contributed by atoms with Crippen molar-refractivity contribution in [3.8, 4) is 11.3 Å². The zero-order valence-corrected chi connectivity index (χ0v) is 10.8. The van der Waals surface area contributed by atoms with Crippen molar-refractivity contribution in [2.45, 2.75) is 19.8 Å². The van der Waals surface area contributed by atoms with Crippen molar-refractivity contribution < 1.29 is 4.39 Å². The van der Waals surface area contributed by atoms with E-state index in [1.54, 1.807) is 25.3 Å². The molecule has 1 heterocycles. The lowest BCUT2D eigenvalue weighted by Gasteiger charge is -2.00. The first-order valence-electron chi connectivity index (χ1n) is 6.15. The molecule has 2 aromatic rings.